The first-order chi connectivity index (χ1) is 17.1. The SMILES string of the molecule is COc1ccc(CNC(=O)/C(C#N)=C\c2ccc(OCc3cccc4ccccc34)c(I)c2)cc1. The molecule has 174 valence electrons. The fraction of sp³-hybridized carbons (Fsp3) is 0.103. The molecule has 0 heterocycles. The largest absolute Gasteiger partial charge is 0.497 e. The quantitative estimate of drug-likeness (QED) is 0.153. The van der Waals surface area contributed by atoms with E-state index >= 15 is 0 Å². The summed E-state index contributed by atoms with van der Waals surface area (Å²) in [7, 11) is 1.60. The Kier molecular flexibility index (Phi) is 8.01. The number of methoxy groups -OCH3 is 1. The van der Waals surface area contributed by atoms with Gasteiger partial charge in [-0.05, 0) is 80.4 Å². The Hall–Kier alpha value is -3.83. The van der Waals surface area contributed by atoms with Crippen LogP contribution in [0.1, 0.15) is 16.7 Å². The van der Waals surface area contributed by atoms with Crippen molar-refractivity contribution in [2.45, 2.75) is 13.2 Å². The van der Waals surface area contributed by atoms with Crippen molar-refractivity contribution in [2.24, 2.45) is 0 Å². The number of nitrogens with zero attached hydrogens (tertiary/aromatic N) is 1. The van der Waals surface area contributed by atoms with Gasteiger partial charge in [0.15, 0.2) is 0 Å². The van der Waals surface area contributed by atoms with E-state index in [1.165, 1.54) is 10.8 Å². The molecule has 0 atom stereocenters. The molecule has 4 rings (SSSR count). The molecule has 1 N–H and O–H groups in total. The Morgan fingerprint density at radius 1 is 1.03 bits per heavy atom. The van der Waals surface area contributed by atoms with Crippen molar-refractivity contribution in [1.29, 1.82) is 5.26 Å². The first kappa shape index (κ1) is 24.3. The molecule has 5 nitrogen and oxygen atoms in total. The van der Waals surface area contributed by atoms with Crippen LogP contribution in [-0.2, 0) is 17.9 Å². The Morgan fingerprint density at radius 3 is 2.54 bits per heavy atom. The third kappa shape index (κ3) is 6.19. The highest BCUT2D eigenvalue weighted by atomic mass is 127. The van der Waals surface area contributed by atoms with Gasteiger partial charge in [0.1, 0.15) is 29.7 Å². The topological polar surface area (TPSA) is 71.3 Å². The van der Waals surface area contributed by atoms with Crippen LogP contribution in [0.2, 0.25) is 0 Å². The Balaban J connectivity index is 1.41. The van der Waals surface area contributed by atoms with E-state index in [1.807, 2.05) is 66.7 Å². The number of benzene rings is 4. The highest BCUT2D eigenvalue weighted by Gasteiger charge is 2.10. The van der Waals surface area contributed by atoms with Gasteiger partial charge in [-0.1, -0.05) is 60.7 Å². The third-order valence-electron chi connectivity index (χ3n) is 5.51. The fourth-order valence-corrected chi connectivity index (χ4v) is 4.33. The molecule has 4 aromatic carbocycles. The summed E-state index contributed by atoms with van der Waals surface area (Å²) in [4.78, 5) is 12.5. The Bertz CT molecular complexity index is 1420. The molecule has 1 amide bonds. The zero-order valence-corrected chi connectivity index (χ0v) is 21.3. The average Bonchev–Trinajstić information content (AvgIpc) is 2.90. The monoisotopic (exact) mass is 574 g/mol. The highest BCUT2D eigenvalue weighted by Crippen LogP contribution is 2.26. The van der Waals surface area contributed by atoms with Gasteiger partial charge in [-0.25, -0.2) is 0 Å². The average molecular weight is 574 g/mol. The molecule has 0 saturated carbocycles. The van der Waals surface area contributed by atoms with Gasteiger partial charge in [-0.3, -0.25) is 4.79 Å². The number of amides is 1. The molecule has 0 aliphatic rings. The first-order valence-corrected chi connectivity index (χ1v) is 12.1. The van der Waals surface area contributed by atoms with E-state index in [1.54, 1.807) is 13.2 Å². The van der Waals surface area contributed by atoms with Gasteiger partial charge in [-0.15, -0.1) is 0 Å². The predicted octanol–water partition coefficient (Wildman–Crippen LogP) is 6.26. The van der Waals surface area contributed by atoms with Gasteiger partial charge in [-0.2, -0.15) is 5.26 Å². The predicted molar refractivity (Wildman–Crippen MR) is 146 cm³/mol. The van der Waals surface area contributed by atoms with Crippen LogP contribution in [0.15, 0.2) is 90.5 Å². The number of hydrogen-bond donors (Lipinski definition) is 1. The van der Waals surface area contributed by atoms with Crippen LogP contribution >= 0.6 is 22.6 Å². The van der Waals surface area contributed by atoms with Crippen LogP contribution in [0.3, 0.4) is 0 Å². The fourth-order valence-electron chi connectivity index (χ4n) is 3.63. The molecule has 0 aromatic heterocycles. The molecule has 0 aliphatic carbocycles. The second-order valence-corrected chi connectivity index (χ2v) is 8.98. The molecule has 0 spiro atoms. The highest BCUT2D eigenvalue weighted by molar-refractivity contribution is 14.1. The summed E-state index contributed by atoms with van der Waals surface area (Å²) < 4.78 is 12.1. The normalized spacial score (nSPS) is 11.1. The molecule has 0 radical (unpaired) electrons. The molecule has 6 heteroatoms. The molecule has 35 heavy (non-hydrogen) atoms. The first-order valence-electron chi connectivity index (χ1n) is 11.0. The van der Waals surface area contributed by atoms with Crippen LogP contribution in [0.25, 0.3) is 16.8 Å². The van der Waals surface area contributed by atoms with Gasteiger partial charge in [0.05, 0.1) is 10.7 Å². The number of ether oxygens (including phenoxy) is 2. The lowest BCUT2D eigenvalue weighted by Gasteiger charge is -2.11. The summed E-state index contributed by atoms with van der Waals surface area (Å²) in [6, 6.07) is 29.4. The zero-order chi connectivity index (χ0) is 24.6. The van der Waals surface area contributed by atoms with E-state index in [2.05, 4.69) is 52.2 Å². The van der Waals surface area contributed by atoms with E-state index in [4.69, 9.17) is 9.47 Å². The third-order valence-corrected chi connectivity index (χ3v) is 6.35. The summed E-state index contributed by atoms with van der Waals surface area (Å²) in [5.74, 6) is 1.07. The number of fused-ring (bicyclic) bond motifs is 1. The standard InChI is InChI=1S/C29H23IN2O3/c1-34-25-12-9-20(10-13-25)18-32-29(33)24(17-31)15-21-11-14-28(27(30)16-21)35-19-23-7-4-6-22-5-2-3-8-26(22)23/h2-16H,18-19H2,1H3,(H,32,33)/b24-15-. The van der Waals surface area contributed by atoms with Crippen molar-refractivity contribution in [1.82, 2.24) is 5.32 Å². The Labute approximate surface area is 218 Å². The molecule has 0 unspecified atom stereocenters. The van der Waals surface area contributed by atoms with Crippen LogP contribution in [0.4, 0.5) is 0 Å². The van der Waals surface area contributed by atoms with Crippen molar-refractivity contribution in [3.05, 3.63) is 111 Å². The minimum absolute atomic E-state index is 0.0405. The molecule has 0 fully saturated rings. The summed E-state index contributed by atoms with van der Waals surface area (Å²) in [6.07, 6.45) is 1.58. The number of halogens is 1. The summed E-state index contributed by atoms with van der Waals surface area (Å²) >= 11 is 2.21. The van der Waals surface area contributed by atoms with Gasteiger partial charge in [0.25, 0.3) is 5.91 Å². The minimum atomic E-state index is -0.422. The zero-order valence-electron chi connectivity index (χ0n) is 19.1. The summed E-state index contributed by atoms with van der Waals surface area (Å²) in [5, 5.41) is 14.7. The lowest BCUT2D eigenvalue weighted by Crippen LogP contribution is -2.23. The number of carbonyl (C=O) groups excluding carboxylic acids is 1. The van der Waals surface area contributed by atoms with Gasteiger partial charge in [0, 0.05) is 6.54 Å². The van der Waals surface area contributed by atoms with Crippen molar-refractivity contribution in [2.75, 3.05) is 7.11 Å². The van der Waals surface area contributed by atoms with E-state index < -0.39 is 5.91 Å². The van der Waals surface area contributed by atoms with E-state index in [-0.39, 0.29) is 5.57 Å². The number of hydrogen-bond acceptors (Lipinski definition) is 4. The van der Waals surface area contributed by atoms with Crippen LogP contribution in [0.5, 0.6) is 11.5 Å². The molecule has 0 bridgehead atoms. The number of nitrogens with one attached hydrogen (secondary N) is 1. The van der Waals surface area contributed by atoms with E-state index in [0.29, 0.717) is 13.2 Å². The van der Waals surface area contributed by atoms with Crippen LogP contribution < -0.4 is 14.8 Å². The Morgan fingerprint density at radius 2 is 1.80 bits per heavy atom. The maximum absolute atomic E-state index is 12.5. The van der Waals surface area contributed by atoms with Gasteiger partial charge >= 0.3 is 0 Å². The number of rotatable bonds is 8. The summed E-state index contributed by atoms with van der Waals surface area (Å²) in [5.41, 5.74) is 2.82. The van der Waals surface area contributed by atoms with Crippen LogP contribution in [0, 0.1) is 14.9 Å². The second kappa shape index (κ2) is 11.5. The van der Waals surface area contributed by atoms with Crippen molar-refractivity contribution in [3.63, 3.8) is 0 Å². The maximum atomic E-state index is 12.5. The van der Waals surface area contributed by atoms with Crippen LogP contribution in [-0.4, -0.2) is 13.0 Å². The van der Waals surface area contributed by atoms with E-state index in [0.717, 1.165) is 31.8 Å². The second-order valence-electron chi connectivity index (χ2n) is 7.82. The van der Waals surface area contributed by atoms with Crippen molar-refractivity contribution >= 4 is 45.3 Å². The molecule has 4 aromatic rings. The maximum Gasteiger partial charge on any atom is 0.262 e. The van der Waals surface area contributed by atoms with Gasteiger partial charge in [0.2, 0.25) is 0 Å². The number of nitriles is 1. The molecular formula is C29H23IN2O3. The van der Waals surface area contributed by atoms with Crippen molar-refractivity contribution < 1.29 is 14.3 Å². The molecule has 0 saturated heterocycles. The molecular weight excluding hydrogens is 551 g/mol. The molecule has 0 aliphatic heterocycles. The summed E-state index contributed by atoms with van der Waals surface area (Å²) in [6.45, 7) is 0.768. The lowest BCUT2D eigenvalue weighted by molar-refractivity contribution is -0.117. The lowest BCUT2D eigenvalue weighted by atomic mass is 10.1. The smallest absolute Gasteiger partial charge is 0.262 e. The number of carbonyl (C=O) groups is 1. The van der Waals surface area contributed by atoms with Crippen molar-refractivity contribution in [3.8, 4) is 17.6 Å². The van der Waals surface area contributed by atoms with Gasteiger partial charge < -0.3 is 14.8 Å². The minimum Gasteiger partial charge on any atom is -0.497 e. The van der Waals surface area contributed by atoms with E-state index in [9.17, 15) is 10.1 Å².